The largest absolute Gasteiger partial charge is 0.323 e. The van der Waals surface area contributed by atoms with Gasteiger partial charge in [-0.3, -0.25) is 15.1 Å². The summed E-state index contributed by atoms with van der Waals surface area (Å²) in [7, 11) is 0. The fraction of sp³-hybridized carbons (Fsp3) is 0.333. The van der Waals surface area contributed by atoms with Gasteiger partial charge in [0.05, 0.1) is 17.9 Å². The van der Waals surface area contributed by atoms with Crippen LogP contribution in [0.1, 0.15) is 0 Å². The topological polar surface area (TPSA) is 54.0 Å². The van der Waals surface area contributed by atoms with Crippen LogP contribution in [0.5, 0.6) is 0 Å². The minimum absolute atomic E-state index is 0.0167. The minimum atomic E-state index is -0.0693. The maximum atomic E-state index is 11.6. The number of hydrogen-bond donors (Lipinski definition) is 2. The first kappa shape index (κ1) is 9.48. The standard InChI is InChI=1S/C9H11N3OS/c13-9(8-5-14-6-11-8)12-7-2-1-3-10-4-7/h1-4,8,11H,5-6H2,(H,12,13)/t8-/m1/s1. The SMILES string of the molecule is O=C(Nc1cccnc1)[C@H]1CSCN1. The summed E-state index contributed by atoms with van der Waals surface area (Å²) < 4.78 is 0. The molecule has 74 valence electrons. The lowest BCUT2D eigenvalue weighted by Gasteiger charge is -2.09. The molecule has 1 aliphatic heterocycles. The second-order valence-electron chi connectivity index (χ2n) is 3.00. The lowest BCUT2D eigenvalue weighted by Crippen LogP contribution is -2.37. The van der Waals surface area contributed by atoms with Crippen LogP contribution in [0.15, 0.2) is 24.5 Å². The van der Waals surface area contributed by atoms with Crippen molar-refractivity contribution < 1.29 is 4.79 Å². The first-order valence-corrected chi connectivity index (χ1v) is 5.54. The zero-order chi connectivity index (χ0) is 9.80. The molecule has 0 aliphatic carbocycles. The number of carbonyl (C=O) groups excluding carboxylic acids is 1. The molecule has 1 saturated heterocycles. The van der Waals surface area contributed by atoms with E-state index in [4.69, 9.17) is 0 Å². The van der Waals surface area contributed by atoms with Crippen LogP contribution in [0.3, 0.4) is 0 Å². The predicted molar refractivity (Wildman–Crippen MR) is 57.1 cm³/mol. The second kappa shape index (κ2) is 4.43. The molecule has 1 atom stereocenters. The smallest absolute Gasteiger partial charge is 0.242 e. The zero-order valence-corrected chi connectivity index (χ0v) is 8.38. The molecule has 4 nitrogen and oxygen atoms in total. The van der Waals surface area contributed by atoms with Crippen LogP contribution >= 0.6 is 11.8 Å². The molecule has 1 aromatic heterocycles. The van der Waals surface area contributed by atoms with Crippen LogP contribution in [0.25, 0.3) is 0 Å². The van der Waals surface area contributed by atoms with Gasteiger partial charge in [-0.25, -0.2) is 0 Å². The summed E-state index contributed by atoms with van der Waals surface area (Å²) in [6.07, 6.45) is 3.32. The summed E-state index contributed by atoms with van der Waals surface area (Å²) in [6.45, 7) is 0. The summed E-state index contributed by atoms with van der Waals surface area (Å²) in [5.74, 6) is 1.71. The van der Waals surface area contributed by atoms with E-state index in [2.05, 4.69) is 15.6 Å². The highest BCUT2D eigenvalue weighted by molar-refractivity contribution is 7.99. The van der Waals surface area contributed by atoms with Gasteiger partial charge in [0.1, 0.15) is 0 Å². The Morgan fingerprint density at radius 1 is 1.71 bits per heavy atom. The molecule has 0 spiro atoms. The molecule has 14 heavy (non-hydrogen) atoms. The minimum Gasteiger partial charge on any atom is -0.323 e. The number of pyridine rings is 1. The van der Waals surface area contributed by atoms with Gasteiger partial charge in [0.15, 0.2) is 0 Å². The Kier molecular flexibility index (Phi) is 3.00. The van der Waals surface area contributed by atoms with E-state index in [0.29, 0.717) is 0 Å². The van der Waals surface area contributed by atoms with Gasteiger partial charge < -0.3 is 5.32 Å². The van der Waals surface area contributed by atoms with E-state index in [-0.39, 0.29) is 11.9 Å². The molecule has 0 aromatic carbocycles. The maximum Gasteiger partial charge on any atom is 0.242 e. The monoisotopic (exact) mass is 209 g/mol. The van der Waals surface area contributed by atoms with Crippen molar-refractivity contribution in [1.82, 2.24) is 10.3 Å². The first-order valence-electron chi connectivity index (χ1n) is 4.38. The van der Waals surface area contributed by atoms with Crippen molar-refractivity contribution in [1.29, 1.82) is 0 Å². The highest BCUT2D eigenvalue weighted by Crippen LogP contribution is 2.11. The Labute approximate surface area is 86.5 Å². The Hall–Kier alpha value is -1.07. The molecule has 1 aliphatic rings. The molecule has 1 amide bonds. The average molecular weight is 209 g/mol. The van der Waals surface area contributed by atoms with Crippen LogP contribution in [0.2, 0.25) is 0 Å². The molecule has 2 rings (SSSR count). The van der Waals surface area contributed by atoms with Gasteiger partial charge in [0, 0.05) is 17.8 Å². The van der Waals surface area contributed by atoms with E-state index in [1.807, 2.05) is 6.07 Å². The van der Waals surface area contributed by atoms with Gasteiger partial charge in [0.25, 0.3) is 0 Å². The fourth-order valence-electron chi connectivity index (χ4n) is 1.23. The van der Waals surface area contributed by atoms with E-state index >= 15 is 0 Å². The van der Waals surface area contributed by atoms with Crippen molar-refractivity contribution in [3.63, 3.8) is 0 Å². The molecule has 2 N–H and O–H groups in total. The number of rotatable bonds is 2. The number of aromatic nitrogens is 1. The van der Waals surface area contributed by atoms with Gasteiger partial charge in [0.2, 0.25) is 5.91 Å². The van der Waals surface area contributed by atoms with Crippen LogP contribution in [-0.4, -0.2) is 28.6 Å². The normalized spacial score (nSPS) is 20.7. The van der Waals surface area contributed by atoms with Crippen molar-refractivity contribution in [3.8, 4) is 0 Å². The molecular weight excluding hydrogens is 198 g/mol. The summed E-state index contributed by atoms with van der Waals surface area (Å²) in [4.78, 5) is 15.5. The average Bonchev–Trinajstić information content (AvgIpc) is 2.72. The van der Waals surface area contributed by atoms with Gasteiger partial charge in [-0.2, -0.15) is 0 Å². The van der Waals surface area contributed by atoms with Crippen LogP contribution in [0, 0.1) is 0 Å². The maximum absolute atomic E-state index is 11.6. The molecule has 0 radical (unpaired) electrons. The van der Waals surface area contributed by atoms with Crippen molar-refractivity contribution >= 4 is 23.4 Å². The Morgan fingerprint density at radius 3 is 3.29 bits per heavy atom. The molecular formula is C9H11N3OS. The predicted octanol–water partition coefficient (Wildman–Crippen LogP) is 0.683. The number of thioether (sulfide) groups is 1. The van der Waals surface area contributed by atoms with Crippen LogP contribution in [0.4, 0.5) is 5.69 Å². The number of hydrogen-bond acceptors (Lipinski definition) is 4. The van der Waals surface area contributed by atoms with Crippen molar-refractivity contribution in [2.24, 2.45) is 0 Å². The summed E-state index contributed by atoms with van der Waals surface area (Å²) >= 11 is 1.73. The fourth-order valence-corrected chi connectivity index (χ4v) is 2.17. The van der Waals surface area contributed by atoms with Crippen molar-refractivity contribution in [3.05, 3.63) is 24.5 Å². The molecule has 1 fully saturated rings. The third-order valence-corrected chi connectivity index (χ3v) is 2.90. The van der Waals surface area contributed by atoms with Crippen molar-refractivity contribution in [2.45, 2.75) is 6.04 Å². The summed E-state index contributed by atoms with van der Waals surface area (Å²) in [6, 6.07) is 3.56. The number of nitrogens with zero attached hydrogens (tertiary/aromatic N) is 1. The molecule has 1 aromatic rings. The number of nitrogens with one attached hydrogen (secondary N) is 2. The second-order valence-corrected chi connectivity index (χ2v) is 4.03. The number of carbonyl (C=O) groups is 1. The summed E-state index contributed by atoms with van der Waals surface area (Å²) in [5, 5.41) is 5.91. The molecule has 2 heterocycles. The number of anilines is 1. The van der Waals surface area contributed by atoms with E-state index in [9.17, 15) is 4.79 Å². The van der Waals surface area contributed by atoms with Gasteiger partial charge in [-0.05, 0) is 12.1 Å². The molecule has 5 heteroatoms. The lowest BCUT2D eigenvalue weighted by atomic mass is 10.3. The summed E-state index contributed by atoms with van der Waals surface area (Å²) in [5.41, 5.74) is 0.746. The zero-order valence-electron chi connectivity index (χ0n) is 7.56. The van der Waals surface area contributed by atoms with E-state index in [1.54, 1.807) is 30.2 Å². The third kappa shape index (κ3) is 2.24. The van der Waals surface area contributed by atoms with Crippen molar-refractivity contribution in [2.75, 3.05) is 16.9 Å². The van der Waals surface area contributed by atoms with Gasteiger partial charge in [-0.15, -0.1) is 11.8 Å². The Balaban J connectivity index is 1.94. The highest BCUT2D eigenvalue weighted by Gasteiger charge is 2.22. The lowest BCUT2D eigenvalue weighted by molar-refractivity contribution is -0.117. The van der Waals surface area contributed by atoms with E-state index in [0.717, 1.165) is 17.3 Å². The molecule has 0 saturated carbocycles. The first-order chi connectivity index (χ1) is 6.86. The van der Waals surface area contributed by atoms with Gasteiger partial charge in [-0.1, -0.05) is 0 Å². The Bertz CT molecular complexity index is 311. The van der Waals surface area contributed by atoms with E-state index in [1.165, 1.54) is 0 Å². The molecule has 0 bridgehead atoms. The number of amides is 1. The third-order valence-electron chi connectivity index (χ3n) is 1.96. The highest BCUT2D eigenvalue weighted by atomic mass is 32.2. The quantitative estimate of drug-likeness (QED) is 0.752. The Morgan fingerprint density at radius 2 is 2.64 bits per heavy atom. The molecule has 0 unspecified atom stereocenters. The van der Waals surface area contributed by atoms with Gasteiger partial charge >= 0.3 is 0 Å². The van der Waals surface area contributed by atoms with Crippen LogP contribution < -0.4 is 10.6 Å². The van der Waals surface area contributed by atoms with E-state index < -0.39 is 0 Å². The van der Waals surface area contributed by atoms with Crippen LogP contribution in [-0.2, 0) is 4.79 Å².